The Morgan fingerprint density at radius 1 is 1.10 bits per heavy atom. The van der Waals surface area contributed by atoms with Crippen LogP contribution in [0.25, 0.3) is 0 Å². The fourth-order valence-electron chi connectivity index (χ4n) is 3.31. The second-order valence-electron chi connectivity index (χ2n) is 6.89. The molecule has 2 aromatic carbocycles. The monoisotopic (exact) mass is 389 g/mol. The second-order valence-corrected chi connectivity index (χ2v) is 6.89. The van der Waals surface area contributed by atoms with Gasteiger partial charge >= 0.3 is 0 Å². The molecule has 0 spiro atoms. The van der Waals surface area contributed by atoms with Crippen molar-refractivity contribution in [3.05, 3.63) is 77.0 Å². The Labute approximate surface area is 169 Å². The molecule has 0 fully saturated rings. The number of anilines is 2. The second kappa shape index (κ2) is 8.22. The molecule has 0 atom stereocenters. The first kappa shape index (κ1) is 18.8. The number of pyridine rings is 1. The highest BCUT2D eigenvalue weighted by Gasteiger charge is 2.14. The molecule has 6 heteroatoms. The van der Waals surface area contributed by atoms with Gasteiger partial charge in [-0.3, -0.25) is 4.79 Å². The lowest BCUT2D eigenvalue weighted by molar-refractivity contribution is 0.0950. The number of nitrogens with one attached hydrogen (secondary N) is 2. The molecule has 0 bridgehead atoms. The minimum Gasteiger partial charge on any atom is -0.454 e. The first-order chi connectivity index (χ1) is 14.1. The van der Waals surface area contributed by atoms with Gasteiger partial charge in [0, 0.05) is 24.0 Å². The van der Waals surface area contributed by atoms with E-state index in [0.717, 1.165) is 29.0 Å². The van der Waals surface area contributed by atoms with E-state index in [1.54, 1.807) is 18.3 Å². The standard InChI is InChI=1S/C23H23N3O3/c1-3-17-6-4-5-15(2)22(17)26-21-12-18(9-10-24-21)23(27)25-13-16-7-8-19-20(11-16)29-14-28-19/h4-12H,3,13-14H2,1-2H3,(H,24,26)(H,25,27). The van der Waals surface area contributed by atoms with Crippen molar-refractivity contribution in [2.75, 3.05) is 12.1 Å². The summed E-state index contributed by atoms with van der Waals surface area (Å²) in [6.07, 6.45) is 2.56. The van der Waals surface area contributed by atoms with E-state index in [-0.39, 0.29) is 12.7 Å². The van der Waals surface area contributed by atoms with Gasteiger partial charge in [0.05, 0.1) is 0 Å². The first-order valence-electron chi connectivity index (χ1n) is 9.62. The number of para-hydroxylation sites is 1. The van der Waals surface area contributed by atoms with Crippen LogP contribution >= 0.6 is 0 Å². The van der Waals surface area contributed by atoms with Gasteiger partial charge in [-0.15, -0.1) is 0 Å². The maximum Gasteiger partial charge on any atom is 0.251 e. The lowest BCUT2D eigenvalue weighted by atomic mass is 10.1. The van der Waals surface area contributed by atoms with Crippen molar-refractivity contribution in [1.82, 2.24) is 10.3 Å². The summed E-state index contributed by atoms with van der Waals surface area (Å²) < 4.78 is 10.7. The zero-order valence-electron chi connectivity index (χ0n) is 16.5. The lowest BCUT2D eigenvalue weighted by Crippen LogP contribution is -2.22. The number of ether oxygens (including phenoxy) is 2. The average molecular weight is 389 g/mol. The Balaban J connectivity index is 1.45. The van der Waals surface area contributed by atoms with Crippen molar-refractivity contribution in [2.24, 2.45) is 0 Å². The van der Waals surface area contributed by atoms with E-state index in [4.69, 9.17) is 9.47 Å². The predicted octanol–water partition coefficient (Wildman–Crippen LogP) is 4.35. The highest BCUT2D eigenvalue weighted by Crippen LogP contribution is 2.32. The molecular weight excluding hydrogens is 366 g/mol. The highest BCUT2D eigenvalue weighted by atomic mass is 16.7. The number of benzene rings is 2. The normalized spacial score (nSPS) is 11.9. The molecule has 1 aliphatic rings. The third-order valence-electron chi connectivity index (χ3n) is 4.91. The molecule has 0 saturated heterocycles. The van der Waals surface area contributed by atoms with E-state index in [2.05, 4.69) is 41.6 Å². The number of hydrogen-bond acceptors (Lipinski definition) is 5. The van der Waals surface area contributed by atoms with Gasteiger partial charge in [0.15, 0.2) is 11.5 Å². The molecule has 148 valence electrons. The predicted molar refractivity (Wildman–Crippen MR) is 112 cm³/mol. The summed E-state index contributed by atoms with van der Waals surface area (Å²) in [7, 11) is 0. The number of nitrogens with zero attached hydrogens (tertiary/aromatic N) is 1. The van der Waals surface area contributed by atoms with Crippen LogP contribution < -0.4 is 20.1 Å². The van der Waals surface area contributed by atoms with Crippen molar-refractivity contribution in [1.29, 1.82) is 0 Å². The maximum atomic E-state index is 12.6. The third-order valence-corrected chi connectivity index (χ3v) is 4.91. The van der Waals surface area contributed by atoms with Crippen molar-refractivity contribution in [3.63, 3.8) is 0 Å². The summed E-state index contributed by atoms with van der Waals surface area (Å²) in [5.74, 6) is 1.92. The number of fused-ring (bicyclic) bond motifs is 1. The van der Waals surface area contributed by atoms with Gasteiger partial charge < -0.3 is 20.1 Å². The molecule has 2 heterocycles. The zero-order valence-corrected chi connectivity index (χ0v) is 16.5. The van der Waals surface area contributed by atoms with Crippen molar-refractivity contribution < 1.29 is 14.3 Å². The Bertz CT molecular complexity index is 1050. The zero-order chi connectivity index (χ0) is 20.2. The molecular formula is C23H23N3O3. The summed E-state index contributed by atoms with van der Waals surface area (Å²) in [5, 5.41) is 6.31. The van der Waals surface area contributed by atoms with Crippen LogP contribution in [0.5, 0.6) is 11.5 Å². The van der Waals surface area contributed by atoms with Gasteiger partial charge in [0.2, 0.25) is 6.79 Å². The average Bonchev–Trinajstić information content (AvgIpc) is 3.21. The number of hydrogen-bond donors (Lipinski definition) is 2. The SMILES string of the molecule is CCc1cccc(C)c1Nc1cc(C(=O)NCc2ccc3c(c2)OCO3)ccn1. The minimum atomic E-state index is -0.159. The highest BCUT2D eigenvalue weighted by molar-refractivity contribution is 5.95. The molecule has 1 aromatic heterocycles. The van der Waals surface area contributed by atoms with Gasteiger partial charge in [0.25, 0.3) is 5.91 Å². The van der Waals surface area contributed by atoms with E-state index >= 15 is 0 Å². The number of amides is 1. The van der Waals surface area contributed by atoms with Crippen LogP contribution in [0.1, 0.15) is 34.0 Å². The molecule has 1 amide bonds. The Hall–Kier alpha value is -3.54. The van der Waals surface area contributed by atoms with E-state index in [9.17, 15) is 4.79 Å². The molecule has 0 radical (unpaired) electrons. The topological polar surface area (TPSA) is 72.5 Å². The van der Waals surface area contributed by atoms with Crippen molar-refractivity contribution in [3.8, 4) is 11.5 Å². The molecule has 3 aromatic rings. The summed E-state index contributed by atoms with van der Waals surface area (Å²) in [6.45, 7) is 4.81. The van der Waals surface area contributed by atoms with Crippen molar-refractivity contribution in [2.45, 2.75) is 26.8 Å². The number of rotatable bonds is 6. The number of aromatic nitrogens is 1. The largest absolute Gasteiger partial charge is 0.454 e. The molecule has 0 unspecified atom stereocenters. The molecule has 4 rings (SSSR count). The molecule has 29 heavy (non-hydrogen) atoms. The van der Waals surface area contributed by atoms with E-state index in [1.807, 2.05) is 24.3 Å². The fraction of sp³-hybridized carbons (Fsp3) is 0.217. The quantitative estimate of drug-likeness (QED) is 0.656. The van der Waals surface area contributed by atoms with Gasteiger partial charge in [-0.25, -0.2) is 4.98 Å². The summed E-state index contributed by atoms with van der Waals surface area (Å²) in [4.78, 5) is 17.0. The van der Waals surface area contributed by atoms with Gasteiger partial charge in [-0.2, -0.15) is 0 Å². The molecule has 1 aliphatic heterocycles. The van der Waals surface area contributed by atoms with Crippen LogP contribution in [0.15, 0.2) is 54.7 Å². The number of carbonyl (C=O) groups excluding carboxylic acids is 1. The molecule has 0 aliphatic carbocycles. The van der Waals surface area contributed by atoms with Crippen LogP contribution in [0.4, 0.5) is 11.5 Å². The van der Waals surface area contributed by atoms with Gasteiger partial charge in [-0.05, 0) is 54.3 Å². The van der Waals surface area contributed by atoms with E-state index in [0.29, 0.717) is 23.7 Å². The van der Waals surface area contributed by atoms with Crippen LogP contribution in [0.2, 0.25) is 0 Å². The summed E-state index contributed by atoms with van der Waals surface area (Å²) in [6, 6.07) is 15.3. The Kier molecular flexibility index (Phi) is 5.33. The van der Waals surface area contributed by atoms with Gasteiger partial charge in [-0.1, -0.05) is 31.2 Å². The molecule has 6 nitrogen and oxygen atoms in total. The smallest absolute Gasteiger partial charge is 0.251 e. The van der Waals surface area contributed by atoms with Crippen LogP contribution in [0.3, 0.4) is 0 Å². The number of carbonyl (C=O) groups is 1. The van der Waals surface area contributed by atoms with Gasteiger partial charge in [0.1, 0.15) is 5.82 Å². The van der Waals surface area contributed by atoms with Crippen LogP contribution in [-0.2, 0) is 13.0 Å². The fourth-order valence-corrected chi connectivity index (χ4v) is 3.31. The Morgan fingerprint density at radius 3 is 2.83 bits per heavy atom. The summed E-state index contributed by atoms with van der Waals surface area (Å²) >= 11 is 0. The molecule has 0 saturated carbocycles. The maximum absolute atomic E-state index is 12.6. The first-order valence-corrected chi connectivity index (χ1v) is 9.62. The lowest BCUT2D eigenvalue weighted by Gasteiger charge is -2.14. The third kappa shape index (κ3) is 4.16. The van der Waals surface area contributed by atoms with E-state index < -0.39 is 0 Å². The van der Waals surface area contributed by atoms with Crippen molar-refractivity contribution >= 4 is 17.4 Å². The summed E-state index contributed by atoms with van der Waals surface area (Å²) in [5.41, 5.74) is 4.89. The van der Waals surface area contributed by atoms with E-state index in [1.165, 1.54) is 5.56 Å². The van der Waals surface area contributed by atoms with Crippen LogP contribution in [0, 0.1) is 6.92 Å². The molecule has 2 N–H and O–H groups in total. The van der Waals surface area contributed by atoms with Crippen LogP contribution in [-0.4, -0.2) is 17.7 Å². The Morgan fingerprint density at radius 2 is 1.97 bits per heavy atom. The minimum absolute atomic E-state index is 0.159. The number of aryl methyl sites for hydroxylation is 2.